The van der Waals surface area contributed by atoms with Crippen LogP contribution in [0.2, 0.25) is 0 Å². The molecule has 2 heterocycles. The number of aromatic nitrogens is 2. The molecule has 3 rings (SSSR count). The number of Topliss-reactive ketones (excluding diaryl/α,β-unsaturated/α-hetero) is 1. The zero-order valence-corrected chi connectivity index (χ0v) is 20.7. The monoisotopic (exact) mass is 496 g/mol. The van der Waals surface area contributed by atoms with Gasteiger partial charge in [-0.05, 0) is 50.0 Å². The van der Waals surface area contributed by atoms with Crippen LogP contribution >= 0.6 is 0 Å². The second-order valence-corrected chi connectivity index (χ2v) is 10.4. The van der Waals surface area contributed by atoms with Crippen molar-refractivity contribution in [1.29, 1.82) is 0 Å². The molecule has 1 amide bonds. The van der Waals surface area contributed by atoms with Crippen LogP contribution in [0.25, 0.3) is 11.4 Å². The third kappa shape index (κ3) is 6.28. The highest BCUT2D eigenvalue weighted by Crippen LogP contribution is 2.35. The predicted octanol–water partition coefficient (Wildman–Crippen LogP) is 4.91. The summed E-state index contributed by atoms with van der Waals surface area (Å²) in [5.41, 5.74) is -0.669. The molecule has 0 unspecified atom stereocenters. The molecule has 0 radical (unpaired) electrons. The van der Waals surface area contributed by atoms with Crippen LogP contribution in [0.4, 0.5) is 17.6 Å². The molecule has 0 bridgehead atoms. The summed E-state index contributed by atoms with van der Waals surface area (Å²) in [5, 5.41) is 2.61. The van der Waals surface area contributed by atoms with Crippen molar-refractivity contribution in [2.75, 3.05) is 20.6 Å². The van der Waals surface area contributed by atoms with E-state index >= 15 is 0 Å². The van der Waals surface area contributed by atoms with Gasteiger partial charge in [0.25, 0.3) is 0 Å². The van der Waals surface area contributed by atoms with E-state index in [0.717, 1.165) is 18.7 Å². The Morgan fingerprint density at radius 2 is 1.86 bits per heavy atom. The van der Waals surface area contributed by atoms with E-state index in [1.54, 1.807) is 4.57 Å². The molecule has 6 nitrogen and oxygen atoms in total. The second kappa shape index (κ2) is 10.1. The molecule has 0 fully saturated rings. The van der Waals surface area contributed by atoms with Gasteiger partial charge in [0.15, 0.2) is 5.78 Å². The molecule has 0 saturated carbocycles. The van der Waals surface area contributed by atoms with Gasteiger partial charge in [0.2, 0.25) is 5.91 Å². The molecule has 10 heteroatoms. The Bertz CT molecular complexity index is 1100. The molecule has 1 aliphatic heterocycles. The van der Waals surface area contributed by atoms with Gasteiger partial charge in [0.1, 0.15) is 17.3 Å². The van der Waals surface area contributed by atoms with Crippen LogP contribution in [0, 0.1) is 17.2 Å². The quantitative estimate of drug-likeness (QED) is 0.456. The Hall–Kier alpha value is -2.75. The number of fused-ring (bicyclic) bond motifs is 1. The fourth-order valence-corrected chi connectivity index (χ4v) is 4.54. The molecule has 0 saturated heterocycles. The molecule has 1 atom stereocenters. The Morgan fingerprint density at radius 3 is 2.43 bits per heavy atom. The third-order valence-corrected chi connectivity index (χ3v) is 6.12. The third-order valence-electron chi connectivity index (χ3n) is 6.12. The first-order chi connectivity index (χ1) is 16.2. The number of rotatable bonds is 6. The standard InChI is InChI=1S/C25H32F4N4O2/c1-24(2,3)13-15(23(35)30-4)11-20(34)21-19-14-32(5)9-6-10-33(19)22(31-21)17-8-7-16(12-18(17)26)25(27,28)29/h7-8,12,15H,6,9-11,13-14H2,1-5H3,(H,30,35)/t15-/m0/s1. The summed E-state index contributed by atoms with van der Waals surface area (Å²) >= 11 is 0. The van der Waals surface area contributed by atoms with Crippen LogP contribution in [-0.2, 0) is 24.1 Å². The summed E-state index contributed by atoms with van der Waals surface area (Å²) in [7, 11) is 3.41. The number of alkyl halides is 3. The lowest BCUT2D eigenvalue weighted by Crippen LogP contribution is -2.32. The van der Waals surface area contributed by atoms with Crippen LogP contribution in [0.5, 0.6) is 0 Å². The fourth-order valence-electron chi connectivity index (χ4n) is 4.54. The van der Waals surface area contributed by atoms with Crippen LogP contribution in [0.3, 0.4) is 0 Å². The van der Waals surface area contributed by atoms with E-state index in [1.165, 1.54) is 7.05 Å². The number of nitrogens with zero attached hydrogens (tertiary/aromatic N) is 3. The highest BCUT2D eigenvalue weighted by Gasteiger charge is 2.34. The van der Waals surface area contributed by atoms with Gasteiger partial charge >= 0.3 is 6.18 Å². The van der Waals surface area contributed by atoms with E-state index in [1.807, 2.05) is 32.7 Å². The van der Waals surface area contributed by atoms with Crippen molar-refractivity contribution in [1.82, 2.24) is 19.8 Å². The van der Waals surface area contributed by atoms with E-state index in [9.17, 15) is 27.2 Å². The van der Waals surface area contributed by atoms with Gasteiger partial charge in [0, 0.05) is 32.5 Å². The number of hydrogen-bond donors (Lipinski definition) is 1. The van der Waals surface area contributed by atoms with Crippen molar-refractivity contribution in [3.05, 3.63) is 41.0 Å². The molecule has 0 spiro atoms. The van der Waals surface area contributed by atoms with E-state index in [0.29, 0.717) is 37.7 Å². The second-order valence-electron chi connectivity index (χ2n) is 10.4. The minimum absolute atomic E-state index is 0.0698. The summed E-state index contributed by atoms with van der Waals surface area (Å²) in [4.78, 5) is 32.4. The van der Waals surface area contributed by atoms with Gasteiger partial charge in [-0.25, -0.2) is 9.37 Å². The molecule has 1 aliphatic rings. The van der Waals surface area contributed by atoms with Crippen molar-refractivity contribution >= 4 is 11.7 Å². The van der Waals surface area contributed by atoms with Crippen molar-refractivity contribution < 1.29 is 27.2 Å². The number of halogens is 4. The largest absolute Gasteiger partial charge is 0.416 e. The average molecular weight is 497 g/mol. The predicted molar refractivity (Wildman–Crippen MR) is 124 cm³/mol. The van der Waals surface area contributed by atoms with E-state index in [-0.39, 0.29) is 40.6 Å². The van der Waals surface area contributed by atoms with Gasteiger partial charge in [-0.1, -0.05) is 20.8 Å². The Balaban J connectivity index is 2.06. The van der Waals surface area contributed by atoms with Gasteiger partial charge in [-0.2, -0.15) is 13.2 Å². The van der Waals surface area contributed by atoms with Crippen molar-refractivity contribution in [2.24, 2.45) is 11.3 Å². The Kier molecular flexibility index (Phi) is 7.74. The zero-order chi connectivity index (χ0) is 26.1. The number of imidazole rings is 1. The smallest absolute Gasteiger partial charge is 0.359 e. The highest BCUT2D eigenvalue weighted by molar-refractivity contribution is 5.98. The lowest BCUT2D eigenvalue weighted by Gasteiger charge is -2.24. The average Bonchev–Trinajstić information content (AvgIpc) is 2.97. The molecule has 35 heavy (non-hydrogen) atoms. The molecule has 192 valence electrons. The molecular weight excluding hydrogens is 464 g/mol. The minimum Gasteiger partial charge on any atom is -0.359 e. The molecule has 1 N–H and O–H groups in total. The lowest BCUT2D eigenvalue weighted by atomic mass is 9.81. The summed E-state index contributed by atoms with van der Waals surface area (Å²) in [6.07, 6.45) is -3.56. The Labute approximate surface area is 202 Å². The van der Waals surface area contributed by atoms with Crippen molar-refractivity contribution in [3.63, 3.8) is 0 Å². The first-order valence-electron chi connectivity index (χ1n) is 11.6. The first-order valence-corrected chi connectivity index (χ1v) is 11.6. The molecule has 0 aliphatic carbocycles. The number of carbonyl (C=O) groups is 2. The lowest BCUT2D eigenvalue weighted by molar-refractivity contribution is -0.137. The first kappa shape index (κ1) is 26.8. The van der Waals surface area contributed by atoms with Crippen LogP contribution in [-0.4, -0.2) is 46.8 Å². The molecule has 2 aromatic rings. The number of nitrogens with one attached hydrogen (secondary N) is 1. The molecule has 1 aromatic heterocycles. The highest BCUT2D eigenvalue weighted by atomic mass is 19.4. The normalized spacial score (nSPS) is 15.9. The van der Waals surface area contributed by atoms with E-state index in [2.05, 4.69) is 10.3 Å². The maximum absolute atomic E-state index is 14.9. The van der Waals surface area contributed by atoms with E-state index < -0.39 is 23.5 Å². The molecule has 1 aromatic carbocycles. The van der Waals surface area contributed by atoms with Crippen LogP contribution in [0.15, 0.2) is 18.2 Å². The summed E-state index contributed by atoms with van der Waals surface area (Å²) in [6, 6.07) is 2.32. The summed E-state index contributed by atoms with van der Waals surface area (Å²) in [6.45, 7) is 7.50. The zero-order valence-electron chi connectivity index (χ0n) is 20.7. The van der Waals surface area contributed by atoms with Gasteiger partial charge < -0.3 is 14.8 Å². The number of amides is 1. The van der Waals surface area contributed by atoms with Gasteiger partial charge in [-0.3, -0.25) is 9.59 Å². The van der Waals surface area contributed by atoms with Crippen molar-refractivity contribution in [3.8, 4) is 11.4 Å². The van der Waals surface area contributed by atoms with E-state index in [4.69, 9.17) is 0 Å². The summed E-state index contributed by atoms with van der Waals surface area (Å²) in [5.74, 6) is -2.10. The van der Waals surface area contributed by atoms with Gasteiger partial charge in [-0.15, -0.1) is 0 Å². The van der Waals surface area contributed by atoms with Crippen molar-refractivity contribution in [2.45, 2.75) is 59.3 Å². The SMILES string of the molecule is CNC(=O)[C@@H](CC(=O)c1nc(-c2ccc(C(F)(F)F)cc2F)n2c1CN(C)CCC2)CC(C)(C)C. The topological polar surface area (TPSA) is 67.2 Å². The summed E-state index contributed by atoms with van der Waals surface area (Å²) < 4.78 is 55.7. The molecular formula is C25H32F4N4O2. The fraction of sp³-hybridized carbons (Fsp3) is 0.560. The number of ketones is 1. The van der Waals surface area contributed by atoms with Crippen LogP contribution in [0.1, 0.15) is 61.8 Å². The maximum Gasteiger partial charge on any atom is 0.416 e. The number of benzene rings is 1. The maximum atomic E-state index is 14.9. The number of carbonyl (C=O) groups excluding carboxylic acids is 2. The minimum atomic E-state index is -4.67. The van der Waals surface area contributed by atoms with Crippen LogP contribution < -0.4 is 5.32 Å². The van der Waals surface area contributed by atoms with Gasteiger partial charge in [0.05, 0.1) is 16.8 Å². The number of hydrogen-bond acceptors (Lipinski definition) is 4. The Morgan fingerprint density at radius 1 is 1.17 bits per heavy atom.